The predicted molar refractivity (Wildman–Crippen MR) is 100 cm³/mol. The number of benzene rings is 2. The lowest BCUT2D eigenvalue weighted by Gasteiger charge is -2.36. The highest BCUT2D eigenvalue weighted by Crippen LogP contribution is 2.35. The minimum atomic E-state index is -4.45. The van der Waals surface area contributed by atoms with Crippen LogP contribution in [0.2, 0.25) is 0 Å². The van der Waals surface area contributed by atoms with Gasteiger partial charge in [-0.25, -0.2) is 9.18 Å². The molecule has 0 saturated carbocycles. The van der Waals surface area contributed by atoms with Crippen LogP contribution in [0.4, 0.5) is 28.0 Å². The maximum Gasteiger partial charge on any atom is 0.416 e. The van der Waals surface area contributed by atoms with Crippen LogP contribution in [0, 0.1) is 5.82 Å². The molecule has 0 spiro atoms. The number of nitrogens with one attached hydrogen (secondary N) is 1. The van der Waals surface area contributed by atoms with Gasteiger partial charge in [-0.05, 0) is 29.8 Å². The van der Waals surface area contributed by atoms with Gasteiger partial charge in [-0.1, -0.05) is 12.1 Å². The number of anilines is 1. The van der Waals surface area contributed by atoms with Crippen LogP contribution in [0.25, 0.3) is 0 Å². The Morgan fingerprint density at radius 2 is 2.04 bits per heavy atom. The van der Waals surface area contributed by atoms with Gasteiger partial charge in [0, 0.05) is 24.1 Å². The minimum absolute atomic E-state index is 0.162. The molecule has 1 unspecified atom stereocenters. The summed E-state index contributed by atoms with van der Waals surface area (Å²) < 4.78 is 57.6. The summed E-state index contributed by atoms with van der Waals surface area (Å²) in [7, 11) is 1.35. The van der Waals surface area contributed by atoms with Gasteiger partial charge >= 0.3 is 12.2 Å². The van der Waals surface area contributed by atoms with E-state index < -0.39 is 29.6 Å². The lowest BCUT2D eigenvalue weighted by molar-refractivity contribution is -0.137. The summed E-state index contributed by atoms with van der Waals surface area (Å²) in [6.45, 7) is 0.376. The van der Waals surface area contributed by atoms with Crippen LogP contribution in [0.3, 0.4) is 0 Å². The lowest BCUT2D eigenvalue weighted by Crippen LogP contribution is -2.43. The third-order valence-electron chi connectivity index (χ3n) is 4.39. The van der Waals surface area contributed by atoms with E-state index >= 15 is 0 Å². The highest BCUT2D eigenvalue weighted by atomic mass is 32.2. The third-order valence-corrected chi connectivity index (χ3v) is 5.42. The Kier molecular flexibility index (Phi) is 6.02. The molecule has 1 heterocycles. The normalized spacial score (nSPS) is 17.3. The van der Waals surface area contributed by atoms with E-state index in [9.17, 15) is 22.4 Å². The molecule has 0 aliphatic carbocycles. The fourth-order valence-corrected chi connectivity index (χ4v) is 4.09. The van der Waals surface area contributed by atoms with E-state index in [2.05, 4.69) is 5.32 Å². The van der Waals surface area contributed by atoms with E-state index in [0.29, 0.717) is 23.6 Å². The molecule has 2 aromatic carbocycles. The molecule has 150 valence electrons. The number of carbonyl (C=O) groups excluding carboxylic acids is 1. The molecule has 1 N–H and O–H groups in total. The minimum Gasteiger partial charge on any atom is -0.494 e. The molecule has 1 atom stereocenters. The monoisotopic (exact) mass is 414 g/mol. The number of alkyl halides is 3. The standard InChI is InChI=1S/C19H18F4N2O2S/c1-27-17-10-14(20)5-6-15(17)24-18(26)25-7-8-28-11-16(25)12-3-2-4-13(9-12)19(21,22)23/h2-6,9-10,16H,7-8,11H2,1H3,(H,24,26). The number of hydrogen-bond donors (Lipinski definition) is 1. The van der Waals surface area contributed by atoms with Crippen LogP contribution in [-0.4, -0.2) is 36.1 Å². The Balaban J connectivity index is 1.85. The van der Waals surface area contributed by atoms with Crippen LogP contribution in [-0.2, 0) is 6.18 Å². The first-order valence-corrected chi connectivity index (χ1v) is 9.61. The zero-order valence-electron chi connectivity index (χ0n) is 14.9. The van der Waals surface area contributed by atoms with Crippen LogP contribution in [0.1, 0.15) is 17.2 Å². The van der Waals surface area contributed by atoms with Gasteiger partial charge < -0.3 is 15.0 Å². The maximum absolute atomic E-state index is 13.3. The average molecular weight is 414 g/mol. The molecule has 2 amide bonds. The third kappa shape index (κ3) is 4.52. The molecule has 9 heteroatoms. The van der Waals surface area contributed by atoms with Crippen molar-refractivity contribution < 1.29 is 27.1 Å². The van der Waals surface area contributed by atoms with Gasteiger partial charge in [0.1, 0.15) is 11.6 Å². The summed E-state index contributed by atoms with van der Waals surface area (Å²) in [4.78, 5) is 14.3. The molecule has 1 fully saturated rings. The second-order valence-corrected chi connectivity index (χ2v) is 7.33. The fraction of sp³-hybridized carbons (Fsp3) is 0.316. The van der Waals surface area contributed by atoms with E-state index in [1.165, 1.54) is 30.2 Å². The number of ether oxygens (including phenoxy) is 1. The lowest BCUT2D eigenvalue weighted by atomic mass is 10.0. The highest BCUT2D eigenvalue weighted by molar-refractivity contribution is 7.99. The van der Waals surface area contributed by atoms with Crippen molar-refractivity contribution in [1.82, 2.24) is 4.90 Å². The molecular formula is C19H18F4N2O2S. The molecule has 2 aromatic rings. The number of methoxy groups -OCH3 is 1. The summed E-state index contributed by atoms with van der Waals surface area (Å²) >= 11 is 1.57. The van der Waals surface area contributed by atoms with Gasteiger partial charge in [0.05, 0.1) is 24.4 Å². The van der Waals surface area contributed by atoms with Gasteiger partial charge in [-0.3, -0.25) is 0 Å². The van der Waals surface area contributed by atoms with Crippen LogP contribution < -0.4 is 10.1 Å². The molecule has 1 aliphatic heterocycles. The molecule has 3 rings (SSSR count). The van der Waals surface area contributed by atoms with Crippen molar-refractivity contribution in [1.29, 1.82) is 0 Å². The van der Waals surface area contributed by atoms with E-state index in [4.69, 9.17) is 4.74 Å². The molecule has 0 bridgehead atoms. The van der Waals surface area contributed by atoms with Crippen molar-refractivity contribution in [2.24, 2.45) is 0 Å². The summed E-state index contributed by atoms with van der Waals surface area (Å²) in [5.74, 6) is 0.806. The number of amides is 2. The first-order valence-electron chi connectivity index (χ1n) is 8.45. The first kappa shape index (κ1) is 20.3. The highest BCUT2D eigenvalue weighted by Gasteiger charge is 2.33. The Labute approximate surface area is 163 Å². The van der Waals surface area contributed by atoms with Crippen molar-refractivity contribution in [3.05, 3.63) is 59.4 Å². The Bertz CT molecular complexity index is 860. The Hall–Kier alpha value is -2.42. The van der Waals surface area contributed by atoms with Gasteiger partial charge in [0.15, 0.2) is 0 Å². The molecule has 0 radical (unpaired) electrons. The van der Waals surface area contributed by atoms with Gasteiger partial charge in [0.2, 0.25) is 0 Å². The molecule has 4 nitrogen and oxygen atoms in total. The van der Waals surface area contributed by atoms with Crippen LogP contribution in [0.5, 0.6) is 5.75 Å². The second-order valence-electron chi connectivity index (χ2n) is 6.18. The summed E-state index contributed by atoms with van der Waals surface area (Å²) in [6, 6.07) is 7.74. The number of hydrogen-bond acceptors (Lipinski definition) is 3. The maximum atomic E-state index is 13.3. The smallest absolute Gasteiger partial charge is 0.416 e. The molecular weight excluding hydrogens is 396 g/mol. The zero-order valence-corrected chi connectivity index (χ0v) is 15.7. The van der Waals surface area contributed by atoms with Crippen molar-refractivity contribution in [3.63, 3.8) is 0 Å². The SMILES string of the molecule is COc1cc(F)ccc1NC(=O)N1CCSCC1c1cccc(C(F)(F)F)c1. The largest absolute Gasteiger partial charge is 0.494 e. The summed E-state index contributed by atoms with van der Waals surface area (Å²) in [5.41, 5.74) is -0.0423. The van der Waals surface area contributed by atoms with Crippen molar-refractivity contribution in [2.75, 3.05) is 30.5 Å². The Morgan fingerprint density at radius 3 is 2.75 bits per heavy atom. The van der Waals surface area contributed by atoms with Gasteiger partial charge in [-0.2, -0.15) is 24.9 Å². The molecule has 1 saturated heterocycles. The Morgan fingerprint density at radius 1 is 1.25 bits per heavy atom. The number of nitrogens with zero attached hydrogens (tertiary/aromatic N) is 1. The van der Waals surface area contributed by atoms with Crippen molar-refractivity contribution in [2.45, 2.75) is 12.2 Å². The summed E-state index contributed by atoms with van der Waals surface area (Å²) in [5, 5.41) is 2.67. The van der Waals surface area contributed by atoms with E-state index in [1.807, 2.05) is 0 Å². The molecule has 0 aromatic heterocycles. The quantitative estimate of drug-likeness (QED) is 0.704. The van der Waals surface area contributed by atoms with E-state index in [1.54, 1.807) is 17.8 Å². The number of urea groups is 1. The summed E-state index contributed by atoms with van der Waals surface area (Å²) in [6.07, 6.45) is -4.45. The van der Waals surface area contributed by atoms with Crippen LogP contribution >= 0.6 is 11.8 Å². The molecule has 28 heavy (non-hydrogen) atoms. The van der Waals surface area contributed by atoms with E-state index in [-0.39, 0.29) is 11.4 Å². The first-order chi connectivity index (χ1) is 13.3. The number of rotatable bonds is 3. The van der Waals surface area contributed by atoms with Gasteiger partial charge in [-0.15, -0.1) is 0 Å². The number of thioether (sulfide) groups is 1. The number of carbonyl (C=O) groups is 1. The number of halogens is 4. The topological polar surface area (TPSA) is 41.6 Å². The van der Waals surface area contributed by atoms with Crippen molar-refractivity contribution >= 4 is 23.5 Å². The second kappa shape index (κ2) is 8.30. The fourth-order valence-electron chi connectivity index (χ4n) is 3.00. The molecule has 1 aliphatic rings. The van der Waals surface area contributed by atoms with Crippen LogP contribution in [0.15, 0.2) is 42.5 Å². The van der Waals surface area contributed by atoms with Crippen molar-refractivity contribution in [3.8, 4) is 5.75 Å². The van der Waals surface area contributed by atoms with Gasteiger partial charge in [0.25, 0.3) is 0 Å². The average Bonchev–Trinajstić information content (AvgIpc) is 2.68. The van der Waals surface area contributed by atoms with E-state index in [0.717, 1.165) is 18.2 Å². The predicted octanol–water partition coefficient (Wildman–Crippen LogP) is 5.18. The zero-order chi connectivity index (χ0) is 20.3.